The van der Waals surface area contributed by atoms with Crippen LogP contribution in [0.5, 0.6) is 0 Å². The van der Waals surface area contributed by atoms with Gasteiger partial charge in [0, 0.05) is 23.9 Å². The Morgan fingerprint density at radius 2 is 1.67 bits per heavy atom. The lowest BCUT2D eigenvalue weighted by Gasteiger charge is -2.09. The molecule has 0 saturated heterocycles. The molecule has 0 aliphatic heterocycles. The average Bonchev–Trinajstić information content (AvgIpc) is 2.77. The molecular weight excluding hydrogens is 393 g/mol. The van der Waals surface area contributed by atoms with E-state index in [0.29, 0.717) is 11.1 Å². The third-order valence-corrected chi connectivity index (χ3v) is 4.59. The van der Waals surface area contributed by atoms with E-state index in [1.54, 1.807) is 24.5 Å². The molecule has 0 aliphatic carbocycles. The molecule has 0 unspecified atom stereocenters. The van der Waals surface area contributed by atoms with E-state index < -0.39 is 11.9 Å². The maximum absolute atomic E-state index is 12.6. The molecule has 0 aliphatic rings. The number of carbonyl (C=O) groups is 1. The molecular formula is C22H15F3N4O. The summed E-state index contributed by atoms with van der Waals surface area (Å²) in [5, 5.41) is 12.2. The number of nitrogens with zero attached hydrogens (tertiary/aromatic N) is 3. The van der Waals surface area contributed by atoms with Crippen LogP contribution in [0.2, 0.25) is 0 Å². The largest absolute Gasteiger partial charge is 0.433 e. The summed E-state index contributed by atoms with van der Waals surface area (Å²) in [4.78, 5) is 15.8. The molecule has 0 bridgehead atoms. The second-order valence-electron chi connectivity index (χ2n) is 6.64. The van der Waals surface area contributed by atoms with Crippen molar-refractivity contribution < 1.29 is 18.0 Å². The van der Waals surface area contributed by atoms with Crippen molar-refractivity contribution in [1.29, 1.82) is 0 Å². The average molecular weight is 408 g/mol. The van der Waals surface area contributed by atoms with Gasteiger partial charge in [0.05, 0.1) is 12.4 Å². The van der Waals surface area contributed by atoms with E-state index in [4.69, 9.17) is 0 Å². The summed E-state index contributed by atoms with van der Waals surface area (Å²) in [5.41, 5.74) is 1.91. The Hall–Kier alpha value is -3.81. The van der Waals surface area contributed by atoms with Gasteiger partial charge < -0.3 is 5.32 Å². The number of rotatable bonds is 4. The number of hydrogen-bond acceptors (Lipinski definition) is 4. The molecule has 0 atom stereocenters. The van der Waals surface area contributed by atoms with Gasteiger partial charge in [-0.05, 0) is 52.2 Å². The minimum absolute atomic E-state index is 0.0794. The number of carbonyl (C=O) groups excluding carboxylic acids is 1. The Morgan fingerprint density at radius 3 is 2.37 bits per heavy atom. The number of benzene rings is 2. The van der Waals surface area contributed by atoms with Crippen molar-refractivity contribution >= 4 is 16.7 Å². The van der Waals surface area contributed by atoms with E-state index in [2.05, 4.69) is 20.5 Å². The van der Waals surface area contributed by atoms with Crippen LogP contribution in [0.4, 0.5) is 13.2 Å². The fraction of sp³-hybridized carbons (Fsp3) is 0.0909. The first-order chi connectivity index (χ1) is 14.4. The fourth-order valence-electron chi connectivity index (χ4n) is 3.01. The van der Waals surface area contributed by atoms with E-state index >= 15 is 0 Å². The third-order valence-electron chi connectivity index (χ3n) is 4.59. The maximum Gasteiger partial charge on any atom is 0.433 e. The van der Waals surface area contributed by atoms with Crippen LogP contribution in [0.25, 0.3) is 21.9 Å². The molecule has 0 radical (unpaired) electrons. The normalized spacial score (nSPS) is 11.4. The molecule has 2 heterocycles. The Balaban J connectivity index is 1.47. The quantitative estimate of drug-likeness (QED) is 0.534. The number of aromatic nitrogens is 3. The van der Waals surface area contributed by atoms with Crippen LogP contribution in [-0.2, 0) is 12.7 Å². The Morgan fingerprint density at radius 1 is 0.867 bits per heavy atom. The number of hydrogen-bond donors (Lipinski definition) is 1. The van der Waals surface area contributed by atoms with Gasteiger partial charge in [-0.3, -0.25) is 9.78 Å². The first-order valence-electron chi connectivity index (χ1n) is 9.01. The topological polar surface area (TPSA) is 67.8 Å². The lowest BCUT2D eigenvalue weighted by atomic mass is 10.0. The number of alkyl halides is 3. The van der Waals surface area contributed by atoms with Crippen LogP contribution >= 0.6 is 0 Å². The van der Waals surface area contributed by atoms with Gasteiger partial charge in [0.2, 0.25) is 0 Å². The van der Waals surface area contributed by atoms with Gasteiger partial charge in [0.1, 0.15) is 5.69 Å². The van der Waals surface area contributed by atoms with Crippen LogP contribution in [0.3, 0.4) is 0 Å². The van der Waals surface area contributed by atoms with Gasteiger partial charge in [-0.15, -0.1) is 0 Å². The Kier molecular flexibility index (Phi) is 5.14. The van der Waals surface area contributed by atoms with Crippen molar-refractivity contribution in [3.63, 3.8) is 0 Å². The van der Waals surface area contributed by atoms with Gasteiger partial charge in [-0.1, -0.05) is 24.3 Å². The Bertz CT molecular complexity index is 1190. The monoisotopic (exact) mass is 408 g/mol. The molecule has 8 heteroatoms. The Labute approximate surface area is 169 Å². The summed E-state index contributed by atoms with van der Waals surface area (Å²) < 4.78 is 37.7. The van der Waals surface area contributed by atoms with Gasteiger partial charge in [0.15, 0.2) is 0 Å². The first-order valence-corrected chi connectivity index (χ1v) is 9.01. The van der Waals surface area contributed by atoms with E-state index in [0.717, 1.165) is 34.2 Å². The zero-order valence-electron chi connectivity index (χ0n) is 15.5. The number of pyridine rings is 1. The van der Waals surface area contributed by atoms with Crippen molar-refractivity contribution in [3.8, 4) is 11.1 Å². The highest BCUT2D eigenvalue weighted by molar-refractivity contribution is 5.99. The minimum atomic E-state index is -4.49. The predicted molar refractivity (Wildman–Crippen MR) is 105 cm³/mol. The standard InChI is InChI=1S/C22H15F3N4O/c23-22(24,25)20-6-1-14(11-26-20)12-27-21(30)18-5-4-15-9-17(3-2-16(15)10-18)19-7-8-28-29-13-19/h1-11,13H,12H2,(H,27,30). The second kappa shape index (κ2) is 7.90. The molecule has 1 N–H and O–H groups in total. The molecule has 5 nitrogen and oxygen atoms in total. The smallest absolute Gasteiger partial charge is 0.348 e. The minimum Gasteiger partial charge on any atom is -0.348 e. The fourth-order valence-corrected chi connectivity index (χ4v) is 3.01. The van der Waals surface area contributed by atoms with Crippen LogP contribution in [-0.4, -0.2) is 21.1 Å². The van der Waals surface area contributed by atoms with Crippen LogP contribution < -0.4 is 5.32 Å². The van der Waals surface area contributed by atoms with Crippen LogP contribution in [0.1, 0.15) is 21.6 Å². The summed E-state index contributed by atoms with van der Waals surface area (Å²) in [7, 11) is 0. The zero-order chi connectivity index (χ0) is 21.1. The zero-order valence-corrected chi connectivity index (χ0v) is 15.5. The van der Waals surface area contributed by atoms with Gasteiger partial charge >= 0.3 is 6.18 Å². The van der Waals surface area contributed by atoms with E-state index in [1.165, 1.54) is 6.07 Å². The highest BCUT2D eigenvalue weighted by Crippen LogP contribution is 2.27. The molecule has 4 aromatic rings. The summed E-state index contributed by atoms with van der Waals surface area (Å²) in [6.45, 7) is 0.0794. The first kappa shape index (κ1) is 19.5. The highest BCUT2D eigenvalue weighted by Gasteiger charge is 2.31. The maximum atomic E-state index is 12.6. The summed E-state index contributed by atoms with van der Waals surface area (Å²) >= 11 is 0. The lowest BCUT2D eigenvalue weighted by molar-refractivity contribution is -0.141. The summed E-state index contributed by atoms with van der Waals surface area (Å²) in [6.07, 6.45) is -0.0716. The molecule has 0 fully saturated rings. The van der Waals surface area contributed by atoms with E-state index in [1.807, 2.05) is 30.3 Å². The molecule has 150 valence electrons. The summed E-state index contributed by atoms with van der Waals surface area (Å²) in [5.74, 6) is -0.320. The number of nitrogens with one attached hydrogen (secondary N) is 1. The lowest BCUT2D eigenvalue weighted by Crippen LogP contribution is -2.23. The van der Waals surface area contributed by atoms with Crippen molar-refractivity contribution in [2.75, 3.05) is 0 Å². The van der Waals surface area contributed by atoms with Gasteiger partial charge in [-0.25, -0.2) is 0 Å². The molecule has 0 spiro atoms. The van der Waals surface area contributed by atoms with Gasteiger partial charge in [0.25, 0.3) is 5.91 Å². The molecule has 2 aromatic carbocycles. The number of amides is 1. The van der Waals surface area contributed by atoms with Crippen molar-refractivity contribution in [2.45, 2.75) is 12.7 Å². The molecule has 30 heavy (non-hydrogen) atoms. The predicted octanol–water partition coefficient (Wildman–Crippen LogP) is 4.64. The van der Waals surface area contributed by atoms with E-state index in [9.17, 15) is 18.0 Å². The van der Waals surface area contributed by atoms with Crippen molar-refractivity contribution in [3.05, 3.63) is 90.0 Å². The molecule has 1 amide bonds. The molecule has 2 aromatic heterocycles. The number of halogens is 3. The van der Waals surface area contributed by atoms with E-state index in [-0.39, 0.29) is 12.5 Å². The van der Waals surface area contributed by atoms with Crippen molar-refractivity contribution in [1.82, 2.24) is 20.5 Å². The molecule has 0 saturated carbocycles. The molecule has 4 rings (SSSR count). The highest BCUT2D eigenvalue weighted by atomic mass is 19.4. The number of fused-ring (bicyclic) bond motifs is 1. The third kappa shape index (κ3) is 4.27. The van der Waals surface area contributed by atoms with Crippen LogP contribution in [0, 0.1) is 0 Å². The van der Waals surface area contributed by atoms with Crippen molar-refractivity contribution in [2.24, 2.45) is 0 Å². The SMILES string of the molecule is O=C(NCc1ccc(C(F)(F)F)nc1)c1ccc2cc(-c3ccnnc3)ccc2c1. The second-order valence-corrected chi connectivity index (χ2v) is 6.64. The van der Waals surface area contributed by atoms with Crippen LogP contribution in [0.15, 0.2) is 73.2 Å². The summed E-state index contributed by atoms with van der Waals surface area (Å²) in [6, 6.07) is 15.2. The van der Waals surface area contributed by atoms with Gasteiger partial charge in [-0.2, -0.15) is 23.4 Å².